The molecule has 1 aromatic heterocycles. The molecular weight excluding hydrogens is 425 g/mol. The zero-order chi connectivity index (χ0) is 22.3. The molecule has 11 heteroatoms. The number of nitrogens with one attached hydrogen (secondary N) is 1. The van der Waals surface area contributed by atoms with Gasteiger partial charge in [0.1, 0.15) is 16.8 Å². The van der Waals surface area contributed by atoms with Gasteiger partial charge in [-0.05, 0) is 41.0 Å². The van der Waals surface area contributed by atoms with E-state index in [1.165, 1.54) is 16.8 Å². The summed E-state index contributed by atoms with van der Waals surface area (Å²) >= 11 is 0. The maximum Gasteiger partial charge on any atom is 0.324 e. The second-order valence-corrected chi connectivity index (χ2v) is 8.40. The van der Waals surface area contributed by atoms with Gasteiger partial charge in [-0.2, -0.15) is 4.72 Å². The number of carbonyl (C=O) groups excluding carboxylic acids is 1. The maximum absolute atomic E-state index is 14.1. The Morgan fingerprint density at radius 1 is 1.16 bits per heavy atom. The monoisotopic (exact) mass is 447 g/mol. The summed E-state index contributed by atoms with van der Waals surface area (Å²) in [5, 5.41) is 11.2. The van der Waals surface area contributed by atoms with Gasteiger partial charge in [0.2, 0.25) is 10.0 Å². The third-order valence-electron chi connectivity index (χ3n) is 4.38. The highest BCUT2D eigenvalue weighted by Gasteiger charge is 2.29. The molecule has 0 radical (unpaired) electrons. The van der Waals surface area contributed by atoms with Gasteiger partial charge in [0.25, 0.3) is 0 Å². The van der Waals surface area contributed by atoms with Crippen LogP contribution >= 0.6 is 0 Å². The van der Waals surface area contributed by atoms with Crippen LogP contribution in [0.5, 0.6) is 0 Å². The van der Waals surface area contributed by atoms with E-state index >= 15 is 0 Å². The van der Waals surface area contributed by atoms with Crippen molar-refractivity contribution in [1.29, 1.82) is 0 Å². The SMILES string of the molecule is CCCn1nnnc1COC(=O)[C@H](Cc1ccccc1)NS(=O)(=O)c1ccccc1F. The summed E-state index contributed by atoms with van der Waals surface area (Å²) in [7, 11) is -4.32. The van der Waals surface area contributed by atoms with Crippen molar-refractivity contribution in [3.8, 4) is 0 Å². The third-order valence-corrected chi connectivity index (χ3v) is 5.88. The zero-order valence-electron chi connectivity index (χ0n) is 16.8. The molecule has 0 saturated carbocycles. The Hall–Kier alpha value is -3.18. The lowest BCUT2D eigenvalue weighted by Gasteiger charge is -2.18. The van der Waals surface area contributed by atoms with Gasteiger partial charge in [-0.3, -0.25) is 4.79 Å². The number of ether oxygens (including phenoxy) is 1. The number of hydrogen-bond donors (Lipinski definition) is 1. The van der Waals surface area contributed by atoms with E-state index in [1.54, 1.807) is 30.3 Å². The van der Waals surface area contributed by atoms with Crippen LogP contribution in [0.2, 0.25) is 0 Å². The molecule has 1 N–H and O–H groups in total. The summed E-state index contributed by atoms with van der Waals surface area (Å²) in [6.07, 6.45) is 0.804. The van der Waals surface area contributed by atoms with Crippen molar-refractivity contribution in [2.45, 2.75) is 43.9 Å². The Balaban J connectivity index is 1.79. The quantitative estimate of drug-likeness (QED) is 0.472. The Kier molecular flexibility index (Phi) is 7.42. The number of aromatic nitrogens is 4. The molecule has 2 aromatic carbocycles. The molecule has 0 amide bonds. The van der Waals surface area contributed by atoms with Crippen molar-refractivity contribution in [3.05, 3.63) is 71.8 Å². The molecule has 0 spiro atoms. The minimum atomic E-state index is -4.32. The van der Waals surface area contributed by atoms with Gasteiger partial charge in [-0.25, -0.2) is 17.5 Å². The number of carbonyl (C=O) groups is 1. The lowest BCUT2D eigenvalue weighted by molar-refractivity contribution is -0.147. The number of esters is 1. The number of hydrogen-bond acceptors (Lipinski definition) is 7. The first-order valence-corrected chi connectivity index (χ1v) is 11.1. The van der Waals surface area contributed by atoms with Crippen LogP contribution in [0.25, 0.3) is 0 Å². The largest absolute Gasteiger partial charge is 0.456 e. The van der Waals surface area contributed by atoms with Gasteiger partial charge in [-0.1, -0.05) is 49.4 Å². The highest BCUT2D eigenvalue weighted by atomic mass is 32.2. The predicted octanol–water partition coefficient (Wildman–Crippen LogP) is 1.86. The first-order valence-electron chi connectivity index (χ1n) is 9.63. The Bertz CT molecular complexity index is 1120. The van der Waals surface area contributed by atoms with Crippen LogP contribution in [0.3, 0.4) is 0 Å². The first-order chi connectivity index (χ1) is 14.9. The van der Waals surface area contributed by atoms with Crippen LogP contribution in [0, 0.1) is 5.82 Å². The van der Waals surface area contributed by atoms with Crippen LogP contribution in [0.4, 0.5) is 4.39 Å². The van der Waals surface area contributed by atoms with E-state index < -0.39 is 32.7 Å². The Labute approximate surface area is 179 Å². The van der Waals surface area contributed by atoms with Crippen LogP contribution in [0.1, 0.15) is 24.7 Å². The molecule has 0 aliphatic carbocycles. The Morgan fingerprint density at radius 3 is 2.58 bits per heavy atom. The predicted molar refractivity (Wildman–Crippen MR) is 109 cm³/mol. The second kappa shape index (κ2) is 10.2. The number of tetrazole rings is 1. The van der Waals surface area contributed by atoms with E-state index in [-0.39, 0.29) is 13.0 Å². The number of aryl methyl sites for hydroxylation is 1. The van der Waals surface area contributed by atoms with E-state index in [9.17, 15) is 17.6 Å². The lowest BCUT2D eigenvalue weighted by Crippen LogP contribution is -2.43. The lowest BCUT2D eigenvalue weighted by atomic mass is 10.1. The van der Waals surface area contributed by atoms with Gasteiger partial charge < -0.3 is 4.74 Å². The van der Waals surface area contributed by atoms with Gasteiger partial charge >= 0.3 is 5.97 Å². The molecule has 1 atom stereocenters. The second-order valence-electron chi connectivity index (χ2n) is 6.72. The first kappa shape index (κ1) is 22.5. The van der Waals surface area contributed by atoms with E-state index in [0.717, 1.165) is 18.6 Å². The molecule has 9 nitrogen and oxygen atoms in total. The molecule has 0 saturated heterocycles. The summed E-state index contributed by atoms with van der Waals surface area (Å²) in [4.78, 5) is 12.2. The molecule has 31 heavy (non-hydrogen) atoms. The van der Waals surface area contributed by atoms with Crippen LogP contribution < -0.4 is 4.72 Å². The fourth-order valence-corrected chi connectivity index (χ4v) is 4.15. The van der Waals surface area contributed by atoms with Gasteiger partial charge in [-0.15, -0.1) is 5.10 Å². The normalized spacial score (nSPS) is 12.5. The molecule has 0 unspecified atom stereocenters. The average molecular weight is 447 g/mol. The number of sulfonamides is 1. The van der Waals surface area contributed by atoms with E-state index in [0.29, 0.717) is 17.9 Å². The topological polar surface area (TPSA) is 116 Å². The molecule has 0 bridgehead atoms. The highest BCUT2D eigenvalue weighted by molar-refractivity contribution is 7.89. The summed E-state index contributed by atoms with van der Waals surface area (Å²) in [6, 6.07) is 12.5. The van der Waals surface area contributed by atoms with Gasteiger partial charge in [0, 0.05) is 6.54 Å². The van der Waals surface area contributed by atoms with Crippen molar-refractivity contribution in [2.24, 2.45) is 0 Å². The minimum absolute atomic E-state index is 0.0211. The summed E-state index contributed by atoms with van der Waals surface area (Å²) in [5.41, 5.74) is 0.705. The van der Waals surface area contributed by atoms with Crippen molar-refractivity contribution in [1.82, 2.24) is 24.9 Å². The number of benzene rings is 2. The van der Waals surface area contributed by atoms with Crippen LogP contribution in [-0.2, 0) is 39.1 Å². The van der Waals surface area contributed by atoms with Crippen LogP contribution in [0.15, 0.2) is 59.5 Å². The van der Waals surface area contributed by atoms with Crippen molar-refractivity contribution in [2.75, 3.05) is 0 Å². The molecule has 0 aliphatic rings. The van der Waals surface area contributed by atoms with Crippen molar-refractivity contribution in [3.63, 3.8) is 0 Å². The Morgan fingerprint density at radius 2 is 1.87 bits per heavy atom. The van der Waals surface area contributed by atoms with E-state index in [2.05, 4.69) is 20.2 Å². The highest BCUT2D eigenvalue weighted by Crippen LogP contribution is 2.15. The summed E-state index contributed by atoms with van der Waals surface area (Å²) < 4.78 is 48.6. The standard InChI is InChI=1S/C20H22FN5O4S/c1-2-12-26-19(22-24-25-26)14-30-20(27)17(13-15-8-4-3-5-9-15)23-31(28,29)18-11-7-6-10-16(18)21/h3-11,17,23H,2,12-14H2,1H3/t17-/m0/s1. The minimum Gasteiger partial charge on any atom is -0.456 e. The number of rotatable bonds is 10. The maximum atomic E-state index is 14.1. The molecule has 0 fully saturated rings. The molecule has 164 valence electrons. The molecule has 3 aromatic rings. The fourth-order valence-electron chi connectivity index (χ4n) is 2.88. The van der Waals surface area contributed by atoms with Gasteiger partial charge in [0.05, 0.1) is 0 Å². The molecule has 1 heterocycles. The molecule has 3 rings (SSSR count). The van der Waals surface area contributed by atoms with Gasteiger partial charge in [0.15, 0.2) is 12.4 Å². The van der Waals surface area contributed by atoms with Crippen molar-refractivity contribution >= 4 is 16.0 Å². The summed E-state index contributed by atoms with van der Waals surface area (Å²) in [5.74, 6) is -1.40. The molecular formula is C20H22FN5O4S. The number of halogens is 1. The number of nitrogens with zero attached hydrogens (tertiary/aromatic N) is 4. The fraction of sp³-hybridized carbons (Fsp3) is 0.300. The summed E-state index contributed by atoms with van der Waals surface area (Å²) in [6.45, 7) is 2.27. The third kappa shape index (κ3) is 5.92. The molecule has 0 aliphatic heterocycles. The average Bonchev–Trinajstić information content (AvgIpc) is 3.19. The smallest absolute Gasteiger partial charge is 0.324 e. The van der Waals surface area contributed by atoms with Crippen molar-refractivity contribution < 1.29 is 22.3 Å². The van der Waals surface area contributed by atoms with Crippen LogP contribution in [-0.4, -0.2) is 40.6 Å². The zero-order valence-corrected chi connectivity index (χ0v) is 17.6. The van der Waals surface area contributed by atoms with E-state index in [4.69, 9.17) is 4.74 Å². The van der Waals surface area contributed by atoms with E-state index in [1.807, 2.05) is 6.92 Å².